The fourth-order valence-corrected chi connectivity index (χ4v) is 9.05. The number of aromatic hydroxyl groups is 1. The van der Waals surface area contributed by atoms with Gasteiger partial charge in [0, 0.05) is 97.2 Å². The van der Waals surface area contributed by atoms with Crippen LogP contribution in [0.25, 0.3) is 0 Å². The third-order valence-electron chi connectivity index (χ3n) is 13.7. The molecule has 0 radical (unpaired) electrons. The van der Waals surface area contributed by atoms with Gasteiger partial charge in [0.1, 0.15) is 11.8 Å². The van der Waals surface area contributed by atoms with E-state index in [1.54, 1.807) is 82.3 Å². The van der Waals surface area contributed by atoms with Crippen LogP contribution in [0.5, 0.6) is 5.75 Å². The molecule has 30 nitrogen and oxygen atoms in total. The van der Waals surface area contributed by atoms with Crippen LogP contribution in [0.3, 0.4) is 0 Å². The lowest BCUT2D eigenvalue weighted by Crippen LogP contribution is -2.50. The number of anilines is 1. The summed E-state index contributed by atoms with van der Waals surface area (Å²) in [7, 11) is 0. The van der Waals surface area contributed by atoms with Gasteiger partial charge in [-0.15, -0.1) is 0 Å². The summed E-state index contributed by atoms with van der Waals surface area (Å²) in [6.07, 6.45) is 0.805. The lowest BCUT2D eigenvalue weighted by Gasteiger charge is -2.32. The molecular formula is C60H89N13O17. The molecule has 13 N–H and O–H groups in total. The van der Waals surface area contributed by atoms with Crippen LogP contribution in [-0.4, -0.2) is 263 Å². The number of aliphatic imine (C=N–C) groups is 1. The highest BCUT2D eigenvalue weighted by Gasteiger charge is 2.29. The highest BCUT2D eigenvalue weighted by atomic mass is 16.6. The van der Waals surface area contributed by atoms with Gasteiger partial charge in [-0.05, 0) is 53.8 Å². The molecule has 7 amide bonds. The van der Waals surface area contributed by atoms with Gasteiger partial charge in [0.2, 0.25) is 29.5 Å². The molecule has 0 aliphatic carbocycles. The van der Waals surface area contributed by atoms with E-state index in [0.29, 0.717) is 61.4 Å². The molecule has 3 aromatic rings. The maximum Gasteiger partial charge on any atom is 0.344 e. The summed E-state index contributed by atoms with van der Waals surface area (Å²) < 4.78 is 22.4. The van der Waals surface area contributed by atoms with Gasteiger partial charge in [0.05, 0.1) is 91.4 Å². The zero-order chi connectivity index (χ0) is 65.3. The molecule has 0 unspecified atom stereocenters. The molecule has 1 aliphatic rings. The number of aliphatic carboxylic acids is 3. The van der Waals surface area contributed by atoms with Gasteiger partial charge in [0.25, 0.3) is 0 Å². The SMILES string of the molecule is CCC(=O)NCCNC(=O)/N=C(/N)NCCC[C@@H](NC(=O)[C@@H](c1ccccc1)c1cccc(NC(=O)CCOCCOCCOCCOCCNC(=O)CN2CCN(CC(=O)O)CCN(CC(=O)O)CCN(CC(=O)O)CC2)c1)C(=O)NCc1ccc(O)cc1. The molecule has 1 aliphatic heterocycles. The highest BCUT2D eigenvalue weighted by Crippen LogP contribution is 2.28. The second-order valence-electron chi connectivity index (χ2n) is 20.8. The Kier molecular flexibility index (Phi) is 35.7. The lowest BCUT2D eigenvalue weighted by atomic mass is 9.89. The molecule has 1 saturated heterocycles. The van der Waals surface area contributed by atoms with Gasteiger partial charge >= 0.3 is 23.9 Å². The number of amides is 7. The minimum absolute atomic E-state index is 0.0116. The molecular weight excluding hydrogens is 1170 g/mol. The van der Waals surface area contributed by atoms with Crippen LogP contribution in [-0.2, 0) is 63.8 Å². The van der Waals surface area contributed by atoms with Crippen molar-refractivity contribution >= 4 is 65.1 Å². The first kappa shape index (κ1) is 74.1. The number of nitrogens with two attached hydrogens (primary N) is 1. The number of benzene rings is 3. The summed E-state index contributed by atoms with van der Waals surface area (Å²) in [6, 6.07) is 20.4. The number of hydrogen-bond acceptors (Lipinski definition) is 18. The number of nitrogens with zero attached hydrogens (tertiary/aromatic N) is 5. The molecule has 1 heterocycles. The molecule has 0 aromatic heterocycles. The Balaban J connectivity index is 1.15. The van der Waals surface area contributed by atoms with Crippen LogP contribution < -0.4 is 43.0 Å². The number of nitrogens with one attached hydrogen (secondary N) is 7. The maximum atomic E-state index is 14.4. The Morgan fingerprint density at radius 3 is 1.60 bits per heavy atom. The third-order valence-corrected chi connectivity index (χ3v) is 13.7. The van der Waals surface area contributed by atoms with Gasteiger partial charge in [-0.1, -0.05) is 61.5 Å². The van der Waals surface area contributed by atoms with Crippen molar-refractivity contribution in [1.82, 2.24) is 51.5 Å². The molecule has 2 atom stereocenters. The molecule has 90 heavy (non-hydrogen) atoms. The van der Waals surface area contributed by atoms with Gasteiger partial charge < -0.3 is 82.3 Å². The standard InChI is InChI=1S/C60H89N13O17/c1-2-50(75)62-19-20-65-60(86)69-59(61)64-18-7-12-49(57(84)66-39-44-13-15-48(74)16-14-44)68-58(85)56(45-8-4-3-5-9-45)46-10-6-11-47(38-46)67-51(76)17-30-87-32-34-89-36-37-90-35-33-88-31-21-63-52(77)40-70-22-24-71(41-53(78)79)26-28-73(43-55(82)83)29-27-72(25-23-70)42-54(80)81/h3-6,8-11,13-16,38,49,56,74H,2,7,12,17-37,39-43H2,1H3,(H,62,75)(H,63,77)(H,66,84)(H,67,76)(H,68,85)(H,78,79)(H,80,81)(H,82,83)(H4,61,64,65,69,86)/t49-,56+/m1/s1. The van der Waals surface area contributed by atoms with E-state index in [0.717, 1.165) is 0 Å². The number of carbonyl (C=O) groups excluding carboxylic acids is 6. The quantitative estimate of drug-likeness (QED) is 0.0190. The second-order valence-corrected chi connectivity index (χ2v) is 20.8. The maximum absolute atomic E-state index is 14.4. The van der Waals surface area contributed by atoms with E-state index < -0.39 is 47.7 Å². The van der Waals surface area contributed by atoms with Crippen LogP contribution in [0.2, 0.25) is 0 Å². The Morgan fingerprint density at radius 1 is 0.533 bits per heavy atom. The van der Waals surface area contributed by atoms with Crippen molar-refractivity contribution in [3.8, 4) is 5.75 Å². The number of carboxylic acids is 3. The number of carboxylic acid groups (broad SMARTS) is 3. The number of ether oxygens (including phenoxy) is 4. The van der Waals surface area contributed by atoms with E-state index in [-0.39, 0.29) is 180 Å². The first-order valence-corrected chi connectivity index (χ1v) is 29.9. The fourth-order valence-electron chi connectivity index (χ4n) is 9.05. The van der Waals surface area contributed by atoms with Crippen LogP contribution >= 0.6 is 0 Å². The van der Waals surface area contributed by atoms with Crippen LogP contribution in [0.4, 0.5) is 10.5 Å². The molecule has 30 heteroatoms. The number of hydrogen-bond donors (Lipinski definition) is 12. The largest absolute Gasteiger partial charge is 0.508 e. The zero-order valence-electron chi connectivity index (χ0n) is 51.1. The van der Waals surface area contributed by atoms with E-state index in [1.165, 1.54) is 12.1 Å². The molecule has 496 valence electrons. The molecule has 0 spiro atoms. The third kappa shape index (κ3) is 32.7. The number of urea groups is 1. The van der Waals surface area contributed by atoms with Crippen molar-refractivity contribution in [3.05, 3.63) is 95.6 Å². The van der Waals surface area contributed by atoms with E-state index in [2.05, 4.69) is 42.2 Å². The number of guanidine groups is 1. The van der Waals surface area contributed by atoms with Crippen LogP contribution in [0.1, 0.15) is 55.2 Å². The molecule has 0 bridgehead atoms. The average molecular weight is 1260 g/mol. The average Bonchev–Trinajstić information content (AvgIpc) is 1.24. The van der Waals surface area contributed by atoms with Gasteiger partial charge in [0.15, 0.2) is 5.96 Å². The minimum atomic E-state index is -1.04. The van der Waals surface area contributed by atoms with Crippen molar-refractivity contribution in [2.45, 2.75) is 51.1 Å². The van der Waals surface area contributed by atoms with Gasteiger partial charge in [-0.25, -0.2) is 4.79 Å². The Labute approximate surface area is 523 Å². The Bertz CT molecular complexity index is 2700. The lowest BCUT2D eigenvalue weighted by molar-refractivity contribution is -0.140. The summed E-state index contributed by atoms with van der Waals surface area (Å²) >= 11 is 0. The molecule has 1 fully saturated rings. The predicted octanol–water partition coefficient (Wildman–Crippen LogP) is -0.768. The van der Waals surface area contributed by atoms with Crippen molar-refractivity contribution in [1.29, 1.82) is 0 Å². The molecule has 4 rings (SSSR count). The monoisotopic (exact) mass is 1260 g/mol. The zero-order valence-corrected chi connectivity index (χ0v) is 51.1. The topological polar surface area (TPSA) is 407 Å². The first-order chi connectivity index (χ1) is 43.4. The second kappa shape index (κ2) is 43.3. The van der Waals surface area contributed by atoms with Crippen molar-refractivity contribution in [2.24, 2.45) is 10.7 Å². The highest BCUT2D eigenvalue weighted by molar-refractivity contribution is 5.94. The first-order valence-electron chi connectivity index (χ1n) is 29.9. The van der Waals surface area contributed by atoms with Gasteiger partial charge in [-0.3, -0.25) is 58.0 Å². The Hall–Kier alpha value is -8.36. The van der Waals surface area contributed by atoms with E-state index in [9.17, 15) is 63.6 Å². The van der Waals surface area contributed by atoms with E-state index >= 15 is 0 Å². The van der Waals surface area contributed by atoms with Crippen molar-refractivity contribution in [3.63, 3.8) is 0 Å². The summed E-state index contributed by atoms with van der Waals surface area (Å²) in [5.41, 5.74) is 8.25. The smallest absolute Gasteiger partial charge is 0.344 e. The van der Waals surface area contributed by atoms with Gasteiger partial charge in [-0.2, -0.15) is 4.99 Å². The number of carbonyl (C=O) groups is 9. The Morgan fingerprint density at radius 2 is 1.04 bits per heavy atom. The van der Waals surface area contributed by atoms with Crippen molar-refractivity contribution in [2.75, 3.05) is 163 Å². The minimum Gasteiger partial charge on any atom is -0.508 e. The predicted molar refractivity (Wildman–Crippen MR) is 330 cm³/mol. The normalized spacial score (nSPS) is 14.6. The van der Waals surface area contributed by atoms with Crippen LogP contribution in [0.15, 0.2) is 83.9 Å². The summed E-state index contributed by atoms with van der Waals surface area (Å²) in [5, 5.41) is 57.5. The summed E-state index contributed by atoms with van der Waals surface area (Å²) in [6.45, 7) is 6.05. The van der Waals surface area contributed by atoms with Crippen LogP contribution in [0, 0.1) is 0 Å². The number of phenols is 1. The summed E-state index contributed by atoms with van der Waals surface area (Å²) in [4.78, 5) is 123. The fraction of sp³-hybridized carbons (Fsp3) is 0.533. The molecule has 0 saturated carbocycles. The number of phenolic OH excluding ortho intramolecular Hbond substituents is 1. The molecule has 3 aromatic carbocycles. The van der Waals surface area contributed by atoms with E-state index in [1.807, 2.05) is 11.0 Å². The summed E-state index contributed by atoms with van der Waals surface area (Å²) in [5.74, 6) is -5.84. The number of rotatable bonds is 39. The van der Waals surface area contributed by atoms with E-state index in [4.69, 9.17) is 24.7 Å². The van der Waals surface area contributed by atoms with Crippen molar-refractivity contribution < 1.29 is 82.5 Å².